The second-order valence-electron chi connectivity index (χ2n) is 8.33. The van der Waals surface area contributed by atoms with Crippen LogP contribution in [0.1, 0.15) is 61.4 Å². The molecule has 0 aromatic heterocycles. The maximum atomic E-state index is 10.6. The number of hydrogen-bond donors (Lipinski definition) is 1. The molecule has 0 saturated carbocycles. The van der Waals surface area contributed by atoms with Gasteiger partial charge in [-0.05, 0) is 72.3 Å². The van der Waals surface area contributed by atoms with E-state index in [0.717, 1.165) is 36.9 Å². The summed E-state index contributed by atoms with van der Waals surface area (Å²) in [5.74, 6) is 0.253. The maximum Gasteiger partial charge on any atom is 0.146 e. The number of hydrogen-bond acceptors (Lipinski definition) is 3. The Bertz CT molecular complexity index is 827. The van der Waals surface area contributed by atoms with Crippen LogP contribution in [-0.2, 0) is 31.1 Å². The second-order valence-corrected chi connectivity index (χ2v) is 8.33. The summed E-state index contributed by atoms with van der Waals surface area (Å²) >= 11 is 0. The highest BCUT2D eigenvalue weighted by Gasteiger charge is 2.24. The molecule has 0 spiro atoms. The van der Waals surface area contributed by atoms with Crippen molar-refractivity contribution in [3.05, 3.63) is 52.1 Å². The SMILES string of the molecule is CC(C)(C)c1cccc(N=Nc2c3c(cc4c2CCC4)CCC3)c1O. The van der Waals surface area contributed by atoms with Gasteiger partial charge in [0.25, 0.3) is 0 Å². The van der Waals surface area contributed by atoms with E-state index in [1.165, 1.54) is 35.1 Å². The minimum Gasteiger partial charge on any atom is -0.505 e. The fourth-order valence-electron chi connectivity index (χ4n) is 4.23. The molecule has 0 aliphatic heterocycles. The average Bonchev–Trinajstić information content (AvgIpc) is 3.20. The van der Waals surface area contributed by atoms with Gasteiger partial charge >= 0.3 is 0 Å². The van der Waals surface area contributed by atoms with Crippen LogP contribution in [0.25, 0.3) is 0 Å². The third-order valence-corrected chi connectivity index (χ3v) is 5.52. The molecule has 0 heterocycles. The van der Waals surface area contributed by atoms with Crippen molar-refractivity contribution in [3.63, 3.8) is 0 Å². The number of nitrogens with zero attached hydrogens (tertiary/aromatic N) is 2. The van der Waals surface area contributed by atoms with Crippen molar-refractivity contribution in [1.29, 1.82) is 0 Å². The molecule has 3 nitrogen and oxygen atoms in total. The van der Waals surface area contributed by atoms with E-state index in [1.54, 1.807) is 0 Å². The lowest BCUT2D eigenvalue weighted by molar-refractivity contribution is 0.448. The number of aryl methyl sites for hydroxylation is 2. The van der Waals surface area contributed by atoms with Gasteiger partial charge in [0, 0.05) is 5.56 Å². The van der Waals surface area contributed by atoms with Gasteiger partial charge < -0.3 is 5.11 Å². The molecular weight excluding hydrogens is 308 g/mol. The zero-order chi connectivity index (χ0) is 17.6. The summed E-state index contributed by atoms with van der Waals surface area (Å²) in [5.41, 5.74) is 8.13. The lowest BCUT2D eigenvalue weighted by Crippen LogP contribution is -2.10. The monoisotopic (exact) mass is 334 g/mol. The van der Waals surface area contributed by atoms with Crippen molar-refractivity contribution < 1.29 is 5.11 Å². The third-order valence-electron chi connectivity index (χ3n) is 5.52. The van der Waals surface area contributed by atoms with Gasteiger partial charge in [0.2, 0.25) is 0 Å². The Balaban J connectivity index is 1.77. The average molecular weight is 334 g/mol. The van der Waals surface area contributed by atoms with Crippen molar-refractivity contribution in [2.24, 2.45) is 10.2 Å². The molecule has 4 rings (SSSR count). The van der Waals surface area contributed by atoms with Crippen molar-refractivity contribution >= 4 is 11.4 Å². The molecule has 25 heavy (non-hydrogen) atoms. The highest BCUT2D eigenvalue weighted by Crippen LogP contribution is 2.42. The second kappa shape index (κ2) is 5.98. The van der Waals surface area contributed by atoms with Crippen molar-refractivity contribution in [3.8, 4) is 5.75 Å². The summed E-state index contributed by atoms with van der Waals surface area (Å²) in [5, 5.41) is 19.8. The van der Waals surface area contributed by atoms with E-state index in [1.807, 2.05) is 18.2 Å². The van der Waals surface area contributed by atoms with Gasteiger partial charge in [-0.3, -0.25) is 0 Å². The van der Waals surface area contributed by atoms with E-state index in [0.29, 0.717) is 5.69 Å². The number of fused-ring (bicyclic) bond motifs is 2. The molecule has 0 unspecified atom stereocenters. The summed E-state index contributed by atoms with van der Waals surface area (Å²) in [4.78, 5) is 0. The Morgan fingerprint density at radius 2 is 1.52 bits per heavy atom. The van der Waals surface area contributed by atoms with Crippen LogP contribution < -0.4 is 0 Å². The highest BCUT2D eigenvalue weighted by atomic mass is 16.3. The van der Waals surface area contributed by atoms with Gasteiger partial charge in [-0.25, -0.2) is 0 Å². The topological polar surface area (TPSA) is 45.0 Å². The third kappa shape index (κ3) is 2.86. The predicted molar refractivity (Wildman–Crippen MR) is 101 cm³/mol. The lowest BCUT2D eigenvalue weighted by atomic mass is 9.86. The first-order chi connectivity index (χ1) is 11.9. The van der Waals surface area contributed by atoms with Gasteiger partial charge in [0.1, 0.15) is 11.4 Å². The van der Waals surface area contributed by atoms with Crippen LogP contribution in [0.2, 0.25) is 0 Å². The van der Waals surface area contributed by atoms with Crippen LogP contribution in [0.15, 0.2) is 34.5 Å². The van der Waals surface area contributed by atoms with E-state index in [4.69, 9.17) is 0 Å². The Hall–Kier alpha value is -2.16. The van der Waals surface area contributed by atoms with Crippen LogP contribution in [0.3, 0.4) is 0 Å². The Morgan fingerprint density at radius 1 is 0.880 bits per heavy atom. The van der Waals surface area contributed by atoms with E-state index < -0.39 is 0 Å². The first kappa shape index (κ1) is 16.3. The molecular formula is C22H26N2O. The first-order valence-electron chi connectivity index (χ1n) is 9.36. The predicted octanol–water partition coefficient (Wildman–Crippen LogP) is 6.08. The first-order valence-corrected chi connectivity index (χ1v) is 9.36. The molecule has 2 aromatic rings. The van der Waals surface area contributed by atoms with Gasteiger partial charge in [-0.1, -0.05) is 39.0 Å². The van der Waals surface area contributed by atoms with Crippen LogP contribution in [-0.4, -0.2) is 5.11 Å². The fourth-order valence-corrected chi connectivity index (χ4v) is 4.23. The zero-order valence-corrected chi connectivity index (χ0v) is 15.4. The van der Waals surface area contributed by atoms with Gasteiger partial charge in [0.05, 0.1) is 5.69 Å². The molecule has 0 bridgehead atoms. The van der Waals surface area contributed by atoms with Crippen molar-refractivity contribution in [2.45, 2.75) is 64.7 Å². The van der Waals surface area contributed by atoms with E-state index >= 15 is 0 Å². The summed E-state index contributed by atoms with van der Waals surface area (Å²) in [7, 11) is 0. The minimum absolute atomic E-state index is 0.120. The normalized spacial score (nSPS) is 16.4. The van der Waals surface area contributed by atoms with Crippen LogP contribution >= 0.6 is 0 Å². The lowest BCUT2D eigenvalue weighted by Gasteiger charge is -2.20. The molecule has 0 radical (unpaired) electrons. The molecule has 1 N–H and O–H groups in total. The standard InChI is InChI=1S/C22H26N2O/c1-22(2,3)18-11-6-12-19(21(18)25)23-24-20-16-9-4-7-14(16)13-15-8-5-10-17(15)20/h6,11-13,25H,4-5,7-10H2,1-3H3. The van der Waals surface area contributed by atoms with Crippen molar-refractivity contribution in [2.75, 3.05) is 0 Å². The highest BCUT2D eigenvalue weighted by molar-refractivity contribution is 5.63. The quantitative estimate of drug-likeness (QED) is 0.664. The van der Waals surface area contributed by atoms with E-state index in [-0.39, 0.29) is 11.2 Å². The summed E-state index contributed by atoms with van der Waals surface area (Å²) in [6, 6.07) is 8.17. The van der Waals surface area contributed by atoms with E-state index in [2.05, 4.69) is 37.1 Å². The van der Waals surface area contributed by atoms with E-state index in [9.17, 15) is 5.11 Å². The Labute approximate surface area is 149 Å². The number of phenolic OH excluding ortho intramolecular Hbond substituents is 1. The Kier molecular flexibility index (Phi) is 3.90. The Morgan fingerprint density at radius 3 is 2.12 bits per heavy atom. The maximum absolute atomic E-state index is 10.6. The number of aromatic hydroxyl groups is 1. The molecule has 2 aliphatic carbocycles. The molecule has 0 saturated heterocycles. The smallest absolute Gasteiger partial charge is 0.146 e. The zero-order valence-electron chi connectivity index (χ0n) is 15.4. The minimum atomic E-state index is -0.120. The summed E-state index contributed by atoms with van der Waals surface area (Å²) < 4.78 is 0. The van der Waals surface area contributed by atoms with Crippen LogP contribution in [0, 0.1) is 0 Å². The molecule has 0 amide bonds. The number of rotatable bonds is 2. The molecule has 130 valence electrons. The largest absolute Gasteiger partial charge is 0.505 e. The molecule has 0 fully saturated rings. The molecule has 0 atom stereocenters. The summed E-state index contributed by atoms with van der Waals surface area (Å²) in [6.45, 7) is 6.29. The fraction of sp³-hybridized carbons (Fsp3) is 0.455. The van der Waals surface area contributed by atoms with Gasteiger partial charge in [0.15, 0.2) is 0 Å². The van der Waals surface area contributed by atoms with Crippen LogP contribution in [0.4, 0.5) is 11.4 Å². The molecule has 2 aromatic carbocycles. The number of phenols is 1. The number of para-hydroxylation sites is 1. The molecule has 2 aliphatic rings. The molecule has 3 heteroatoms. The number of azo groups is 1. The van der Waals surface area contributed by atoms with Crippen molar-refractivity contribution in [1.82, 2.24) is 0 Å². The number of benzene rings is 2. The van der Waals surface area contributed by atoms with Crippen LogP contribution in [0.5, 0.6) is 5.75 Å². The van der Waals surface area contributed by atoms with Gasteiger partial charge in [-0.2, -0.15) is 0 Å². The van der Waals surface area contributed by atoms with Gasteiger partial charge in [-0.15, -0.1) is 10.2 Å². The summed E-state index contributed by atoms with van der Waals surface area (Å²) in [6.07, 6.45) is 6.96.